The lowest BCUT2D eigenvalue weighted by atomic mass is 9.90. The van der Waals surface area contributed by atoms with Crippen molar-refractivity contribution in [2.45, 2.75) is 63.5 Å². The van der Waals surface area contributed by atoms with Gasteiger partial charge in [-0.3, -0.25) is 14.2 Å². The highest BCUT2D eigenvalue weighted by molar-refractivity contribution is 8.00. The molecule has 0 aliphatic rings. The predicted octanol–water partition coefficient (Wildman–Crippen LogP) is 3.34. The van der Waals surface area contributed by atoms with Crippen molar-refractivity contribution in [1.29, 1.82) is 5.26 Å². The molecule has 1 aromatic carbocycles. The number of para-hydroxylation sites is 1. The first-order valence-corrected chi connectivity index (χ1v) is 10.0. The molecule has 0 bridgehead atoms. The minimum atomic E-state index is -0.939. The molecule has 2 atom stereocenters. The number of amides is 1. The molecular weight excluding hydrogens is 360 g/mol. The number of benzene rings is 1. The third-order valence-electron chi connectivity index (χ3n) is 4.70. The molecule has 0 radical (unpaired) electrons. The first-order chi connectivity index (χ1) is 12.7. The normalized spacial score (nSPS) is 14.6. The van der Waals surface area contributed by atoms with Crippen molar-refractivity contribution in [3.05, 3.63) is 34.6 Å². The molecule has 0 unspecified atom stereocenters. The number of carbonyl (C=O) groups is 1. The average Bonchev–Trinajstić information content (AvgIpc) is 2.64. The summed E-state index contributed by atoms with van der Waals surface area (Å²) in [6.45, 7) is 9.79. The van der Waals surface area contributed by atoms with Crippen LogP contribution in [0.2, 0.25) is 0 Å². The van der Waals surface area contributed by atoms with Gasteiger partial charge >= 0.3 is 0 Å². The molecule has 1 N–H and O–H groups in total. The summed E-state index contributed by atoms with van der Waals surface area (Å²) in [4.78, 5) is 30.1. The van der Waals surface area contributed by atoms with Gasteiger partial charge in [-0.1, -0.05) is 44.7 Å². The Kier molecular flexibility index (Phi) is 6.66. The Morgan fingerprint density at radius 1 is 1.37 bits per heavy atom. The minimum absolute atomic E-state index is 0.0271. The summed E-state index contributed by atoms with van der Waals surface area (Å²) in [5.41, 5.74) is -0.415. The zero-order valence-electron chi connectivity index (χ0n) is 16.4. The van der Waals surface area contributed by atoms with Crippen LogP contribution in [-0.2, 0) is 11.3 Å². The highest BCUT2D eigenvalue weighted by Crippen LogP contribution is 2.24. The van der Waals surface area contributed by atoms with Crippen molar-refractivity contribution in [2.24, 2.45) is 5.92 Å². The van der Waals surface area contributed by atoms with E-state index in [0.717, 1.165) is 6.42 Å². The highest BCUT2D eigenvalue weighted by Gasteiger charge is 2.32. The zero-order chi connectivity index (χ0) is 20.2. The van der Waals surface area contributed by atoms with Crippen LogP contribution in [0, 0.1) is 17.2 Å². The Bertz CT molecular complexity index is 932. The van der Waals surface area contributed by atoms with E-state index in [1.54, 1.807) is 30.5 Å². The van der Waals surface area contributed by atoms with E-state index in [4.69, 9.17) is 0 Å². The summed E-state index contributed by atoms with van der Waals surface area (Å²) >= 11 is 1.24. The number of nitrogens with one attached hydrogen (secondary N) is 1. The molecule has 0 saturated carbocycles. The van der Waals surface area contributed by atoms with E-state index < -0.39 is 10.8 Å². The molecule has 144 valence electrons. The van der Waals surface area contributed by atoms with E-state index in [0.29, 0.717) is 22.6 Å². The standard InChI is InChI=1S/C20H26N4O2S/c1-6-11-24-18(26)15-9-7-8-10-16(15)22-19(24)27-14(4)17(25)23-20(5,12-21)13(2)3/h7-10,13-14H,6,11H2,1-5H3,(H,23,25)/t14-,20+/m0/s1. The number of rotatable bonds is 7. The smallest absolute Gasteiger partial charge is 0.262 e. The van der Waals surface area contributed by atoms with Gasteiger partial charge < -0.3 is 5.32 Å². The number of hydrogen-bond acceptors (Lipinski definition) is 5. The van der Waals surface area contributed by atoms with Gasteiger partial charge in [-0.05, 0) is 38.3 Å². The third kappa shape index (κ3) is 4.51. The average molecular weight is 387 g/mol. The second-order valence-corrected chi connectivity index (χ2v) is 8.39. The number of nitriles is 1. The van der Waals surface area contributed by atoms with Crippen LogP contribution in [0.25, 0.3) is 10.9 Å². The Hall–Kier alpha value is -2.33. The van der Waals surface area contributed by atoms with Gasteiger partial charge in [0, 0.05) is 6.54 Å². The van der Waals surface area contributed by atoms with Crippen LogP contribution in [0.5, 0.6) is 0 Å². The lowest BCUT2D eigenvalue weighted by molar-refractivity contribution is -0.121. The van der Waals surface area contributed by atoms with Gasteiger partial charge in [0.25, 0.3) is 5.56 Å². The number of thioether (sulfide) groups is 1. The molecule has 6 nitrogen and oxygen atoms in total. The van der Waals surface area contributed by atoms with Crippen LogP contribution in [0.15, 0.2) is 34.2 Å². The molecule has 0 spiro atoms. The quantitative estimate of drug-likeness (QED) is 0.582. The molecule has 2 aromatic rings. The van der Waals surface area contributed by atoms with Crippen LogP contribution in [-0.4, -0.2) is 26.2 Å². The topological polar surface area (TPSA) is 87.8 Å². The van der Waals surface area contributed by atoms with E-state index in [1.165, 1.54) is 11.8 Å². The number of aromatic nitrogens is 2. The number of carbonyl (C=O) groups excluding carboxylic acids is 1. The Morgan fingerprint density at radius 2 is 2.04 bits per heavy atom. The highest BCUT2D eigenvalue weighted by atomic mass is 32.2. The summed E-state index contributed by atoms with van der Waals surface area (Å²) in [5, 5.41) is 12.8. The van der Waals surface area contributed by atoms with E-state index in [1.807, 2.05) is 32.9 Å². The van der Waals surface area contributed by atoms with Crippen molar-refractivity contribution < 1.29 is 4.79 Å². The van der Waals surface area contributed by atoms with E-state index >= 15 is 0 Å². The lowest BCUT2D eigenvalue weighted by Gasteiger charge is -2.28. The van der Waals surface area contributed by atoms with Gasteiger partial charge in [-0.2, -0.15) is 5.26 Å². The summed E-state index contributed by atoms with van der Waals surface area (Å²) in [6.07, 6.45) is 0.786. The Labute approximate surface area is 164 Å². The van der Waals surface area contributed by atoms with Crippen LogP contribution in [0.1, 0.15) is 41.0 Å². The SMILES string of the molecule is CCCn1c(S[C@@H](C)C(=O)N[C@](C)(C#N)C(C)C)nc2ccccc2c1=O. The summed E-state index contributed by atoms with van der Waals surface area (Å²) in [7, 11) is 0. The molecule has 1 aromatic heterocycles. The van der Waals surface area contributed by atoms with Crippen LogP contribution in [0.4, 0.5) is 0 Å². The van der Waals surface area contributed by atoms with Gasteiger partial charge in [0.1, 0.15) is 5.54 Å². The molecule has 0 aliphatic heterocycles. The first-order valence-electron chi connectivity index (χ1n) is 9.13. The van der Waals surface area contributed by atoms with Gasteiger partial charge in [0.15, 0.2) is 5.16 Å². The molecule has 0 saturated heterocycles. The first kappa shape index (κ1) is 21.0. The van der Waals surface area contributed by atoms with Gasteiger partial charge in [0.2, 0.25) is 5.91 Å². The van der Waals surface area contributed by atoms with E-state index in [9.17, 15) is 14.9 Å². The second-order valence-electron chi connectivity index (χ2n) is 7.09. The molecular formula is C20H26N4O2S. The summed E-state index contributed by atoms with van der Waals surface area (Å²) in [5.74, 6) is -0.274. The monoisotopic (exact) mass is 386 g/mol. The molecule has 27 heavy (non-hydrogen) atoms. The van der Waals surface area contributed by atoms with Gasteiger partial charge in [-0.25, -0.2) is 4.98 Å². The number of fused-ring (bicyclic) bond motifs is 1. The predicted molar refractivity (Wildman–Crippen MR) is 109 cm³/mol. The maximum atomic E-state index is 12.8. The fourth-order valence-electron chi connectivity index (χ4n) is 2.53. The number of nitrogens with zero attached hydrogens (tertiary/aromatic N) is 3. The Balaban J connectivity index is 2.34. The van der Waals surface area contributed by atoms with Crippen molar-refractivity contribution in [1.82, 2.24) is 14.9 Å². The van der Waals surface area contributed by atoms with Crippen molar-refractivity contribution >= 4 is 28.6 Å². The fraction of sp³-hybridized carbons (Fsp3) is 0.500. The van der Waals surface area contributed by atoms with Crippen LogP contribution in [0.3, 0.4) is 0 Å². The third-order valence-corrected chi connectivity index (χ3v) is 5.79. The molecule has 0 fully saturated rings. The largest absolute Gasteiger partial charge is 0.337 e. The van der Waals surface area contributed by atoms with Gasteiger partial charge in [-0.15, -0.1) is 0 Å². The molecule has 1 heterocycles. The summed E-state index contributed by atoms with van der Waals surface area (Å²) in [6, 6.07) is 9.40. The second kappa shape index (κ2) is 8.57. The lowest BCUT2D eigenvalue weighted by Crippen LogP contribution is -2.51. The van der Waals surface area contributed by atoms with Crippen molar-refractivity contribution in [3.63, 3.8) is 0 Å². The molecule has 1 amide bonds. The van der Waals surface area contributed by atoms with Crippen LogP contribution >= 0.6 is 11.8 Å². The number of hydrogen-bond donors (Lipinski definition) is 1. The van der Waals surface area contributed by atoms with Crippen molar-refractivity contribution in [2.75, 3.05) is 0 Å². The molecule has 0 aliphatic carbocycles. The van der Waals surface area contributed by atoms with Gasteiger partial charge in [0.05, 0.1) is 22.2 Å². The summed E-state index contributed by atoms with van der Waals surface area (Å²) < 4.78 is 1.63. The van der Waals surface area contributed by atoms with E-state index in [2.05, 4.69) is 16.4 Å². The fourth-order valence-corrected chi connectivity index (χ4v) is 3.46. The maximum absolute atomic E-state index is 12.8. The van der Waals surface area contributed by atoms with Crippen molar-refractivity contribution in [3.8, 4) is 6.07 Å². The zero-order valence-corrected chi connectivity index (χ0v) is 17.3. The molecule has 7 heteroatoms. The van der Waals surface area contributed by atoms with Crippen LogP contribution < -0.4 is 10.9 Å². The minimum Gasteiger partial charge on any atom is -0.337 e. The van der Waals surface area contributed by atoms with E-state index in [-0.39, 0.29) is 17.4 Å². The maximum Gasteiger partial charge on any atom is 0.262 e. The molecule has 2 rings (SSSR count). The Morgan fingerprint density at radius 3 is 2.63 bits per heavy atom.